The summed E-state index contributed by atoms with van der Waals surface area (Å²) in [6.07, 6.45) is 10.5. The van der Waals surface area contributed by atoms with E-state index in [9.17, 15) is 4.79 Å². The molecule has 0 aromatic carbocycles. The molecular weight excluding hydrogens is 264 g/mol. The molecule has 5 rings (SSSR count). The topological polar surface area (TPSA) is 35.5 Å². The molecule has 1 heterocycles. The Kier molecular flexibility index (Phi) is 4.39. The van der Waals surface area contributed by atoms with Gasteiger partial charge >= 0.3 is 5.97 Å². The third-order valence-corrected chi connectivity index (χ3v) is 5.80. The van der Waals surface area contributed by atoms with E-state index in [4.69, 9.17) is 9.47 Å². The van der Waals surface area contributed by atoms with Crippen molar-refractivity contribution in [3.05, 3.63) is 12.7 Å². The minimum atomic E-state index is -0.237. The molecule has 5 fully saturated rings. The maximum atomic E-state index is 11.4. The summed E-state index contributed by atoms with van der Waals surface area (Å²) >= 11 is 0. The highest BCUT2D eigenvalue weighted by molar-refractivity contribution is 5.81. The van der Waals surface area contributed by atoms with Gasteiger partial charge in [-0.15, -0.1) is 0 Å². The van der Waals surface area contributed by atoms with Crippen molar-refractivity contribution in [3.8, 4) is 0 Å². The van der Waals surface area contributed by atoms with Gasteiger partial charge in [-0.2, -0.15) is 0 Å². The first-order valence-corrected chi connectivity index (χ1v) is 8.51. The molecule has 118 valence electrons. The van der Waals surface area contributed by atoms with Crippen molar-refractivity contribution >= 4 is 5.97 Å². The van der Waals surface area contributed by atoms with E-state index in [0.717, 1.165) is 25.0 Å². The lowest BCUT2D eigenvalue weighted by molar-refractivity contribution is -0.185. The molecule has 0 aromatic heterocycles. The van der Waals surface area contributed by atoms with Crippen molar-refractivity contribution in [1.29, 1.82) is 0 Å². The van der Waals surface area contributed by atoms with Crippen LogP contribution in [0.1, 0.15) is 51.9 Å². The summed E-state index contributed by atoms with van der Waals surface area (Å²) in [4.78, 5) is 11.4. The standard InChI is InChI=1S/C14H20O2.C4H8O/c1-3-12(15)16-13-11-5-9-4-10(6-11)8-14(13,2)7-9;1-2-4-5-3-1/h3,9-11,13H,1,4-8H2,2H3;1-4H2. The largest absolute Gasteiger partial charge is 0.458 e. The number of carbonyl (C=O) groups excluding carboxylic acids is 1. The number of hydrogen-bond donors (Lipinski definition) is 0. The molecular formula is C18H28O3. The molecule has 3 nitrogen and oxygen atoms in total. The van der Waals surface area contributed by atoms with Gasteiger partial charge in [-0.1, -0.05) is 13.5 Å². The Bertz CT molecular complexity index is 378. The quantitative estimate of drug-likeness (QED) is 0.574. The molecule has 0 aromatic rings. The van der Waals surface area contributed by atoms with Gasteiger partial charge in [0.15, 0.2) is 0 Å². The van der Waals surface area contributed by atoms with Crippen molar-refractivity contribution in [2.24, 2.45) is 23.2 Å². The van der Waals surface area contributed by atoms with Crippen LogP contribution in [0.15, 0.2) is 12.7 Å². The van der Waals surface area contributed by atoms with Crippen LogP contribution >= 0.6 is 0 Å². The Balaban J connectivity index is 0.000000225. The minimum absolute atomic E-state index is 0.158. The molecule has 0 spiro atoms. The third-order valence-electron chi connectivity index (χ3n) is 5.80. The summed E-state index contributed by atoms with van der Waals surface area (Å²) in [5, 5.41) is 0. The highest BCUT2D eigenvalue weighted by Crippen LogP contribution is 2.60. The lowest BCUT2D eigenvalue weighted by atomic mass is 9.49. The summed E-state index contributed by atoms with van der Waals surface area (Å²) in [5.41, 5.74) is 0.257. The summed E-state index contributed by atoms with van der Waals surface area (Å²) in [7, 11) is 0. The average molecular weight is 292 g/mol. The molecule has 0 amide bonds. The molecule has 3 heteroatoms. The Morgan fingerprint density at radius 1 is 1.19 bits per heavy atom. The monoisotopic (exact) mass is 292 g/mol. The van der Waals surface area contributed by atoms with Crippen LogP contribution in [0.3, 0.4) is 0 Å². The molecule has 3 atom stereocenters. The predicted octanol–water partition coefficient (Wildman–Crippen LogP) is 3.73. The smallest absolute Gasteiger partial charge is 0.330 e. The van der Waals surface area contributed by atoms with E-state index in [2.05, 4.69) is 13.5 Å². The van der Waals surface area contributed by atoms with Crippen molar-refractivity contribution in [2.75, 3.05) is 13.2 Å². The third kappa shape index (κ3) is 3.18. The van der Waals surface area contributed by atoms with E-state index < -0.39 is 0 Å². The first-order valence-electron chi connectivity index (χ1n) is 8.51. The maximum Gasteiger partial charge on any atom is 0.330 e. The summed E-state index contributed by atoms with van der Waals surface area (Å²) in [6.45, 7) is 7.81. The first kappa shape index (κ1) is 15.1. The minimum Gasteiger partial charge on any atom is -0.458 e. The zero-order chi connectivity index (χ0) is 14.9. The van der Waals surface area contributed by atoms with Gasteiger partial charge in [0.2, 0.25) is 0 Å². The van der Waals surface area contributed by atoms with Gasteiger partial charge in [-0.25, -0.2) is 4.79 Å². The SMILES string of the molecule is C1CCOC1.C=CC(=O)OC1C2CC3CC(C2)CC1(C)C3. The van der Waals surface area contributed by atoms with Gasteiger partial charge in [0, 0.05) is 24.7 Å². The van der Waals surface area contributed by atoms with Crippen molar-refractivity contribution < 1.29 is 14.3 Å². The number of esters is 1. The fourth-order valence-corrected chi connectivity index (χ4v) is 5.32. The normalized spacial score (nSPS) is 43.1. The molecule has 0 radical (unpaired) electrons. The summed E-state index contributed by atoms with van der Waals surface area (Å²) in [6, 6.07) is 0. The van der Waals surface area contributed by atoms with Crippen LogP contribution in [0.5, 0.6) is 0 Å². The maximum absolute atomic E-state index is 11.4. The number of hydrogen-bond acceptors (Lipinski definition) is 3. The molecule has 1 saturated heterocycles. The van der Waals surface area contributed by atoms with E-state index in [0.29, 0.717) is 5.92 Å². The second kappa shape index (κ2) is 6.12. The Hall–Kier alpha value is -0.830. The van der Waals surface area contributed by atoms with E-state index in [1.54, 1.807) is 0 Å². The van der Waals surface area contributed by atoms with E-state index in [1.165, 1.54) is 51.0 Å². The zero-order valence-corrected chi connectivity index (χ0v) is 13.2. The van der Waals surface area contributed by atoms with Crippen molar-refractivity contribution in [3.63, 3.8) is 0 Å². The summed E-state index contributed by atoms with van der Waals surface area (Å²) in [5.74, 6) is 2.20. The Morgan fingerprint density at radius 3 is 2.24 bits per heavy atom. The van der Waals surface area contributed by atoms with Gasteiger partial charge in [0.25, 0.3) is 0 Å². The van der Waals surface area contributed by atoms with Crippen LogP contribution < -0.4 is 0 Å². The van der Waals surface area contributed by atoms with Crippen molar-refractivity contribution in [2.45, 2.75) is 58.0 Å². The molecule has 5 aliphatic rings. The molecule has 4 bridgehead atoms. The second-order valence-electron chi connectivity index (χ2n) is 7.64. The van der Waals surface area contributed by atoms with Crippen LogP contribution in [0, 0.1) is 23.2 Å². The zero-order valence-electron chi connectivity index (χ0n) is 13.2. The van der Waals surface area contributed by atoms with Crippen LogP contribution in [-0.4, -0.2) is 25.3 Å². The summed E-state index contributed by atoms with van der Waals surface area (Å²) < 4.78 is 10.6. The van der Waals surface area contributed by atoms with Crippen LogP contribution in [-0.2, 0) is 14.3 Å². The van der Waals surface area contributed by atoms with Crippen LogP contribution in [0.2, 0.25) is 0 Å². The first-order chi connectivity index (χ1) is 10.1. The highest BCUT2D eigenvalue weighted by Gasteiger charge is 2.56. The molecule has 4 aliphatic carbocycles. The number of rotatable bonds is 2. The van der Waals surface area contributed by atoms with E-state index in [-0.39, 0.29) is 17.5 Å². The lowest BCUT2D eigenvalue weighted by Crippen LogP contribution is -2.55. The van der Waals surface area contributed by atoms with Crippen LogP contribution in [0.4, 0.5) is 0 Å². The van der Waals surface area contributed by atoms with Gasteiger partial charge in [-0.3, -0.25) is 0 Å². The lowest BCUT2D eigenvalue weighted by Gasteiger charge is -2.59. The van der Waals surface area contributed by atoms with Crippen molar-refractivity contribution in [1.82, 2.24) is 0 Å². The molecule has 21 heavy (non-hydrogen) atoms. The van der Waals surface area contributed by atoms with Gasteiger partial charge < -0.3 is 9.47 Å². The van der Waals surface area contributed by atoms with Crippen LogP contribution in [0.25, 0.3) is 0 Å². The molecule has 1 aliphatic heterocycles. The molecule has 0 N–H and O–H groups in total. The molecule has 3 unspecified atom stereocenters. The highest BCUT2D eigenvalue weighted by atomic mass is 16.5. The number of ether oxygens (including phenoxy) is 2. The Labute approximate surface area is 128 Å². The Morgan fingerprint density at radius 2 is 1.81 bits per heavy atom. The second-order valence-corrected chi connectivity index (χ2v) is 7.64. The predicted molar refractivity (Wildman–Crippen MR) is 81.8 cm³/mol. The van der Waals surface area contributed by atoms with Gasteiger partial charge in [0.05, 0.1) is 0 Å². The van der Waals surface area contributed by atoms with Gasteiger partial charge in [0.1, 0.15) is 6.10 Å². The fraction of sp³-hybridized carbons (Fsp3) is 0.833. The number of carbonyl (C=O) groups is 1. The van der Waals surface area contributed by atoms with E-state index in [1.807, 2.05) is 0 Å². The van der Waals surface area contributed by atoms with E-state index >= 15 is 0 Å². The van der Waals surface area contributed by atoms with Gasteiger partial charge in [-0.05, 0) is 62.7 Å². The fourth-order valence-electron chi connectivity index (χ4n) is 5.32. The molecule has 4 saturated carbocycles. The average Bonchev–Trinajstić information content (AvgIpc) is 3.00.